The molecule has 2 aliphatic heterocycles. The molecule has 1 fully saturated rings. The number of amides is 1. The van der Waals surface area contributed by atoms with Gasteiger partial charge in [0.2, 0.25) is 6.10 Å². The van der Waals surface area contributed by atoms with Gasteiger partial charge in [-0.3, -0.25) is 0 Å². The molecular weight excluding hydrogens is 382 g/mol. The van der Waals surface area contributed by atoms with Gasteiger partial charge in [-0.1, -0.05) is 56.6 Å². The van der Waals surface area contributed by atoms with Gasteiger partial charge >= 0.3 is 12.1 Å². The predicted octanol–water partition coefficient (Wildman–Crippen LogP) is 5.12. The molecule has 6 nitrogen and oxygen atoms in total. The maximum absolute atomic E-state index is 12.5. The topological polar surface area (TPSA) is 91.1 Å². The number of hydrogen-bond donors (Lipinski definition) is 1. The van der Waals surface area contributed by atoms with Crippen LogP contribution >= 0.6 is 0 Å². The minimum Gasteiger partial charge on any atom is -0.455 e. The summed E-state index contributed by atoms with van der Waals surface area (Å²) in [4.78, 5) is 23.6. The molecular formula is C24H37NO5. The molecule has 0 bridgehead atoms. The van der Waals surface area contributed by atoms with Gasteiger partial charge in [0.25, 0.3) is 0 Å². The number of rotatable bonds is 9. The van der Waals surface area contributed by atoms with Gasteiger partial charge in [-0.15, -0.1) is 0 Å². The zero-order chi connectivity index (χ0) is 21.6. The highest BCUT2D eigenvalue weighted by atomic mass is 16.6. The molecule has 0 spiro atoms. The SMILES string of the molecule is CCCCC1OC1CCC=CC=CC1CC=CCCCCCC(OC(N)=O)C(=O)O1. The Bertz CT molecular complexity index is 613. The number of hydrogen-bond acceptors (Lipinski definition) is 5. The van der Waals surface area contributed by atoms with E-state index in [0.717, 1.165) is 38.5 Å². The maximum atomic E-state index is 12.5. The molecule has 2 aliphatic rings. The van der Waals surface area contributed by atoms with Crippen LogP contribution in [0.25, 0.3) is 0 Å². The number of carbonyl (C=O) groups excluding carboxylic acids is 2. The zero-order valence-corrected chi connectivity index (χ0v) is 18.2. The van der Waals surface area contributed by atoms with Gasteiger partial charge in [-0.2, -0.15) is 0 Å². The molecule has 0 radical (unpaired) electrons. The first-order valence-corrected chi connectivity index (χ1v) is 11.4. The minimum absolute atomic E-state index is 0.401. The Labute approximate surface area is 180 Å². The fourth-order valence-electron chi connectivity index (χ4n) is 3.59. The zero-order valence-electron chi connectivity index (χ0n) is 18.2. The molecule has 0 aromatic carbocycles. The summed E-state index contributed by atoms with van der Waals surface area (Å²) < 4.78 is 16.2. The van der Waals surface area contributed by atoms with Gasteiger partial charge in [0.15, 0.2) is 0 Å². The maximum Gasteiger partial charge on any atom is 0.405 e. The van der Waals surface area contributed by atoms with Crippen LogP contribution in [0.2, 0.25) is 0 Å². The van der Waals surface area contributed by atoms with Crippen LogP contribution < -0.4 is 5.73 Å². The molecule has 2 N–H and O–H groups in total. The van der Waals surface area contributed by atoms with Crippen molar-refractivity contribution in [1.82, 2.24) is 0 Å². The Balaban J connectivity index is 1.81. The van der Waals surface area contributed by atoms with E-state index in [0.29, 0.717) is 25.0 Å². The van der Waals surface area contributed by atoms with E-state index in [9.17, 15) is 9.59 Å². The van der Waals surface area contributed by atoms with E-state index in [2.05, 4.69) is 19.1 Å². The van der Waals surface area contributed by atoms with Crippen molar-refractivity contribution in [1.29, 1.82) is 0 Å². The summed E-state index contributed by atoms with van der Waals surface area (Å²) in [6, 6.07) is 0. The number of nitrogens with two attached hydrogens (primary N) is 1. The standard InChI is InChI=1S/C24H37NO5/c1-2-3-16-20-21(29-20)17-12-9-8-11-15-19-14-10-6-4-5-7-13-18-22(23(26)28-19)30-24(25)27/h6,8-11,15,19-22H,2-5,7,12-14,16-18H2,1H3,(H2,25,27). The molecule has 30 heavy (non-hydrogen) atoms. The summed E-state index contributed by atoms with van der Waals surface area (Å²) in [7, 11) is 0. The first kappa shape index (κ1) is 24.2. The van der Waals surface area contributed by atoms with Crippen molar-refractivity contribution >= 4 is 12.1 Å². The number of cyclic esters (lactones) is 1. The van der Waals surface area contributed by atoms with Crippen molar-refractivity contribution in [2.75, 3.05) is 0 Å². The lowest BCUT2D eigenvalue weighted by Crippen LogP contribution is -2.33. The smallest absolute Gasteiger partial charge is 0.405 e. The Morgan fingerprint density at radius 1 is 1.20 bits per heavy atom. The number of ether oxygens (including phenoxy) is 3. The third-order valence-electron chi connectivity index (χ3n) is 5.38. The average molecular weight is 420 g/mol. The molecule has 2 rings (SSSR count). The molecule has 0 saturated carbocycles. The Morgan fingerprint density at radius 3 is 2.83 bits per heavy atom. The monoisotopic (exact) mass is 419 g/mol. The number of unbranched alkanes of at least 4 members (excludes halogenated alkanes) is 1. The fourth-order valence-corrected chi connectivity index (χ4v) is 3.59. The second-order valence-corrected chi connectivity index (χ2v) is 7.99. The molecule has 2 heterocycles. The summed E-state index contributed by atoms with van der Waals surface area (Å²) in [5, 5.41) is 0. The van der Waals surface area contributed by atoms with Crippen molar-refractivity contribution in [3.05, 3.63) is 36.5 Å². The third kappa shape index (κ3) is 10.1. The van der Waals surface area contributed by atoms with Gasteiger partial charge in [-0.05, 0) is 51.0 Å². The first-order chi connectivity index (χ1) is 14.6. The quantitative estimate of drug-likeness (QED) is 0.242. The number of carbonyl (C=O) groups is 2. The highest BCUT2D eigenvalue weighted by molar-refractivity contribution is 5.78. The van der Waals surface area contributed by atoms with Crippen molar-refractivity contribution in [3.8, 4) is 0 Å². The number of allylic oxidation sites excluding steroid dienone is 4. The first-order valence-electron chi connectivity index (χ1n) is 11.4. The number of epoxide rings is 1. The summed E-state index contributed by atoms with van der Waals surface area (Å²) in [6.07, 6.45) is 21.1. The van der Waals surface area contributed by atoms with E-state index >= 15 is 0 Å². The lowest BCUT2D eigenvalue weighted by Gasteiger charge is -2.19. The van der Waals surface area contributed by atoms with Gasteiger partial charge in [-0.25, -0.2) is 9.59 Å². The Kier molecular flexibility index (Phi) is 11.3. The van der Waals surface area contributed by atoms with Crippen LogP contribution in [0.4, 0.5) is 4.79 Å². The van der Waals surface area contributed by atoms with Crippen LogP contribution in [0.5, 0.6) is 0 Å². The normalized spacial score (nSPS) is 28.1. The molecule has 4 atom stereocenters. The molecule has 0 aromatic rings. The van der Waals surface area contributed by atoms with Crippen LogP contribution in [0.3, 0.4) is 0 Å². The van der Waals surface area contributed by atoms with E-state index in [1.807, 2.05) is 24.3 Å². The summed E-state index contributed by atoms with van der Waals surface area (Å²) in [5.74, 6) is -0.537. The Hall–Kier alpha value is -2.08. The lowest BCUT2D eigenvalue weighted by molar-refractivity contribution is -0.157. The van der Waals surface area contributed by atoms with E-state index in [-0.39, 0.29) is 0 Å². The van der Waals surface area contributed by atoms with Crippen LogP contribution in [-0.2, 0) is 19.0 Å². The lowest BCUT2D eigenvalue weighted by atomic mass is 10.1. The molecule has 4 unspecified atom stereocenters. The number of primary amides is 1. The van der Waals surface area contributed by atoms with E-state index in [1.165, 1.54) is 19.3 Å². The summed E-state index contributed by atoms with van der Waals surface area (Å²) in [5.41, 5.74) is 5.11. The average Bonchev–Trinajstić information content (AvgIpc) is 3.46. The summed E-state index contributed by atoms with van der Waals surface area (Å²) >= 11 is 0. The largest absolute Gasteiger partial charge is 0.455 e. The van der Waals surface area contributed by atoms with E-state index in [4.69, 9.17) is 19.9 Å². The van der Waals surface area contributed by atoms with Crippen LogP contribution in [0.1, 0.15) is 77.6 Å². The second-order valence-electron chi connectivity index (χ2n) is 7.99. The van der Waals surface area contributed by atoms with Crippen LogP contribution in [0, 0.1) is 0 Å². The third-order valence-corrected chi connectivity index (χ3v) is 5.38. The molecule has 6 heteroatoms. The van der Waals surface area contributed by atoms with Crippen molar-refractivity contribution in [3.63, 3.8) is 0 Å². The molecule has 1 amide bonds. The van der Waals surface area contributed by atoms with Crippen molar-refractivity contribution in [2.45, 2.75) is 102 Å². The highest BCUT2D eigenvalue weighted by Crippen LogP contribution is 2.30. The van der Waals surface area contributed by atoms with E-state index < -0.39 is 24.3 Å². The van der Waals surface area contributed by atoms with Gasteiger partial charge in [0.05, 0.1) is 12.2 Å². The van der Waals surface area contributed by atoms with Crippen LogP contribution in [-0.4, -0.2) is 36.5 Å². The predicted molar refractivity (Wildman–Crippen MR) is 117 cm³/mol. The molecule has 0 aliphatic carbocycles. The summed E-state index contributed by atoms with van der Waals surface area (Å²) in [6.45, 7) is 2.20. The minimum atomic E-state index is -0.949. The van der Waals surface area contributed by atoms with E-state index in [1.54, 1.807) is 0 Å². The second kappa shape index (κ2) is 14.0. The number of esters is 1. The van der Waals surface area contributed by atoms with Gasteiger partial charge in [0.1, 0.15) is 6.10 Å². The van der Waals surface area contributed by atoms with Gasteiger partial charge < -0.3 is 19.9 Å². The van der Waals surface area contributed by atoms with Crippen molar-refractivity contribution in [2.24, 2.45) is 5.73 Å². The molecule has 168 valence electrons. The Morgan fingerprint density at radius 2 is 2.03 bits per heavy atom. The fraction of sp³-hybridized carbons (Fsp3) is 0.667. The van der Waals surface area contributed by atoms with Crippen LogP contribution in [0.15, 0.2) is 36.5 Å². The highest BCUT2D eigenvalue weighted by Gasteiger charge is 2.36. The molecule has 1 saturated heterocycles. The molecule has 0 aromatic heterocycles. The van der Waals surface area contributed by atoms with Gasteiger partial charge in [0, 0.05) is 6.42 Å². The van der Waals surface area contributed by atoms with Crippen molar-refractivity contribution < 1.29 is 23.8 Å².